The molecule has 0 radical (unpaired) electrons. The Bertz CT molecular complexity index is 1070. The van der Waals surface area contributed by atoms with E-state index in [0.29, 0.717) is 0 Å². The molecule has 1 fully saturated rings. The molecule has 0 bridgehead atoms. The Morgan fingerprint density at radius 1 is 1.24 bits per heavy atom. The summed E-state index contributed by atoms with van der Waals surface area (Å²) in [5.41, 5.74) is 7.65. The quantitative estimate of drug-likeness (QED) is 0.438. The highest BCUT2D eigenvalue weighted by atomic mass is 19.3. The van der Waals surface area contributed by atoms with Crippen molar-refractivity contribution in [3.05, 3.63) is 53.1 Å². The Balaban J connectivity index is 1.94. The Morgan fingerprint density at radius 3 is 2.42 bits per heavy atom. The molecule has 3 rings (SSSR count). The number of halogens is 5. The summed E-state index contributed by atoms with van der Waals surface area (Å²) in [5.74, 6) is -3.13. The van der Waals surface area contributed by atoms with Gasteiger partial charge in [0.15, 0.2) is 0 Å². The van der Waals surface area contributed by atoms with Crippen LogP contribution in [0.25, 0.3) is 0 Å². The first kappa shape index (κ1) is 24.2. The average molecular weight is 473 g/mol. The summed E-state index contributed by atoms with van der Waals surface area (Å²) in [7, 11) is 0. The number of aryl methyl sites for hydroxylation is 1. The first-order valence-corrected chi connectivity index (χ1v) is 9.59. The van der Waals surface area contributed by atoms with Gasteiger partial charge >= 0.3 is 12.6 Å². The molecule has 3 atom stereocenters. The van der Waals surface area contributed by atoms with Gasteiger partial charge in [-0.25, -0.2) is 22.9 Å². The van der Waals surface area contributed by atoms with Gasteiger partial charge in [-0.15, -0.1) is 0 Å². The van der Waals surface area contributed by atoms with Crippen LogP contribution in [0.2, 0.25) is 0 Å². The number of alkyl halides is 4. The maximum absolute atomic E-state index is 14.7. The lowest BCUT2D eigenvalue weighted by atomic mass is 9.84. The van der Waals surface area contributed by atoms with Crippen molar-refractivity contribution in [2.75, 3.05) is 5.32 Å². The SMILES string of the molecule is Cc1cc(OC(F)F)cnc1C(=O)Nc1ccc(F)c([C@](NC(N)=O)(C(F)F)[C@H]2C[C@H]2N)c1. The van der Waals surface area contributed by atoms with Gasteiger partial charge in [0, 0.05) is 23.2 Å². The monoisotopic (exact) mass is 473 g/mol. The third kappa shape index (κ3) is 4.97. The maximum atomic E-state index is 14.7. The number of rotatable bonds is 8. The summed E-state index contributed by atoms with van der Waals surface area (Å²) in [4.78, 5) is 27.9. The number of pyridine rings is 1. The van der Waals surface area contributed by atoms with Gasteiger partial charge in [-0.2, -0.15) is 8.78 Å². The van der Waals surface area contributed by atoms with E-state index in [1.165, 1.54) is 6.92 Å². The number of carbonyl (C=O) groups excluding carboxylic acids is 2. The minimum atomic E-state index is -3.27. The molecular formula is C20H20F5N5O3. The number of ether oxygens (including phenoxy) is 1. The third-order valence-corrected chi connectivity index (χ3v) is 5.26. The van der Waals surface area contributed by atoms with E-state index in [2.05, 4.69) is 15.0 Å². The van der Waals surface area contributed by atoms with E-state index in [-0.39, 0.29) is 29.1 Å². The molecule has 13 heteroatoms. The molecule has 0 unspecified atom stereocenters. The predicted molar refractivity (Wildman–Crippen MR) is 106 cm³/mol. The Labute approximate surface area is 184 Å². The molecule has 8 nitrogen and oxygen atoms in total. The number of nitrogens with one attached hydrogen (secondary N) is 2. The number of nitrogens with two attached hydrogens (primary N) is 2. The topological polar surface area (TPSA) is 132 Å². The second-order valence-corrected chi connectivity index (χ2v) is 7.53. The van der Waals surface area contributed by atoms with Crippen molar-refractivity contribution in [3.8, 4) is 5.75 Å². The molecule has 1 saturated carbocycles. The normalized spacial score (nSPS) is 19.2. The van der Waals surface area contributed by atoms with Crippen molar-refractivity contribution in [2.45, 2.75) is 38.0 Å². The van der Waals surface area contributed by atoms with Gasteiger partial charge in [-0.1, -0.05) is 0 Å². The third-order valence-electron chi connectivity index (χ3n) is 5.26. The molecule has 1 aromatic heterocycles. The summed E-state index contributed by atoms with van der Waals surface area (Å²) >= 11 is 0. The number of benzene rings is 1. The van der Waals surface area contributed by atoms with E-state index in [0.717, 1.165) is 30.5 Å². The van der Waals surface area contributed by atoms with E-state index >= 15 is 0 Å². The number of anilines is 1. The van der Waals surface area contributed by atoms with E-state index in [1.807, 2.05) is 5.32 Å². The summed E-state index contributed by atoms with van der Waals surface area (Å²) < 4.78 is 72.0. The molecule has 0 saturated heterocycles. The van der Waals surface area contributed by atoms with Crippen LogP contribution in [-0.2, 0) is 5.54 Å². The first-order valence-electron chi connectivity index (χ1n) is 9.59. The molecular weight excluding hydrogens is 453 g/mol. The van der Waals surface area contributed by atoms with E-state index in [1.54, 1.807) is 0 Å². The van der Waals surface area contributed by atoms with Crippen molar-refractivity contribution in [2.24, 2.45) is 17.4 Å². The van der Waals surface area contributed by atoms with Crippen molar-refractivity contribution in [1.29, 1.82) is 0 Å². The molecule has 0 spiro atoms. The van der Waals surface area contributed by atoms with Crippen LogP contribution in [0.15, 0.2) is 30.5 Å². The number of urea groups is 1. The molecule has 1 aliphatic carbocycles. The van der Waals surface area contributed by atoms with Gasteiger partial charge < -0.3 is 26.8 Å². The zero-order valence-electron chi connectivity index (χ0n) is 17.1. The second kappa shape index (κ2) is 9.17. The fourth-order valence-electron chi connectivity index (χ4n) is 3.70. The highest BCUT2D eigenvalue weighted by Gasteiger charge is 2.59. The van der Waals surface area contributed by atoms with Gasteiger partial charge in [0.2, 0.25) is 0 Å². The Hall–Kier alpha value is -3.48. The van der Waals surface area contributed by atoms with E-state index < -0.39 is 53.9 Å². The summed E-state index contributed by atoms with van der Waals surface area (Å²) in [5, 5.41) is 4.34. The van der Waals surface area contributed by atoms with Gasteiger partial charge in [-0.3, -0.25) is 4.79 Å². The van der Waals surface area contributed by atoms with Crippen LogP contribution >= 0.6 is 0 Å². The van der Waals surface area contributed by atoms with Gasteiger partial charge in [0.05, 0.1) is 6.20 Å². The fourth-order valence-corrected chi connectivity index (χ4v) is 3.70. The van der Waals surface area contributed by atoms with E-state index in [4.69, 9.17) is 11.5 Å². The van der Waals surface area contributed by atoms with Gasteiger partial charge in [-0.05, 0) is 43.2 Å². The van der Waals surface area contributed by atoms with Crippen LogP contribution in [0.5, 0.6) is 5.75 Å². The zero-order chi connectivity index (χ0) is 24.5. The highest BCUT2D eigenvalue weighted by Crippen LogP contribution is 2.49. The molecule has 6 N–H and O–H groups in total. The summed E-state index contributed by atoms with van der Waals surface area (Å²) in [6, 6.07) is 2.06. The highest BCUT2D eigenvalue weighted by molar-refractivity contribution is 6.03. The van der Waals surface area contributed by atoms with E-state index in [9.17, 15) is 31.5 Å². The lowest BCUT2D eigenvalue weighted by Crippen LogP contribution is -2.56. The molecule has 1 aromatic carbocycles. The summed E-state index contributed by atoms with van der Waals surface area (Å²) in [6.07, 6.45) is -2.26. The zero-order valence-corrected chi connectivity index (χ0v) is 17.1. The van der Waals surface area contributed by atoms with Crippen LogP contribution in [-0.4, -0.2) is 36.0 Å². The predicted octanol–water partition coefficient (Wildman–Crippen LogP) is 2.86. The Morgan fingerprint density at radius 2 is 1.91 bits per heavy atom. The number of hydrogen-bond donors (Lipinski definition) is 4. The largest absolute Gasteiger partial charge is 0.433 e. The van der Waals surface area contributed by atoms with Crippen LogP contribution in [0, 0.1) is 18.7 Å². The fraction of sp³-hybridized carbons (Fsp3) is 0.350. The molecule has 1 aliphatic rings. The van der Waals surface area contributed by atoms with Crippen LogP contribution in [0.3, 0.4) is 0 Å². The number of carbonyl (C=O) groups is 2. The number of aromatic nitrogens is 1. The summed E-state index contributed by atoms with van der Waals surface area (Å²) in [6.45, 7) is -1.66. The van der Waals surface area contributed by atoms with Gasteiger partial charge in [0.25, 0.3) is 12.3 Å². The van der Waals surface area contributed by atoms with Crippen molar-refractivity contribution in [1.82, 2.24) is 10.3 Å². The van der Waals surface area contributed by atoms with Crippen LogP contribution < -0.4 is 26.8 Å². The second-order valence-electron chi connectivity index (χ2n) is 7.53. The number of amides is 3. The standard InChI is InChI=1S/C20H20F5N5O3/c1-8-4-10(33-18(24)25)7-28-15(8)16(31)29-9-2-3-13(21)11(5-9)20(17(22)23,30-19(27)32)12-6-14(12)26/h2-5,7,12,14,17-18H,6,26H2,1H3,(H,29,31)(H3,27,30,32)/t12-,14+,20+/m0/s1. The van der Waals surface area contributed by atoms with Crippen molar-refractivity contribution >= 4 is 17.6 Å². The first-order chi connectivity index (χ1) is 15.5. The van der Waals surface area contributed by atoms with Gasteiger partial charge in [0.1, 0.15) is 22.8 Å². The van der Waals surface area contributed by atoms with Crippen molar-refractivity contribution in [3.63, 3.8) is 0 Å². The minimum Gasteiger partial charge on any atom is -0.433 e. The lowest BCUT2D eigenvalue weighted by molar-refractivity contribution is -0.0501. The Kier molecular flexibility index (Phi) is 6.72. The maximum Gasteiger partial charge on any atom is 0.387 e. The molecule has 178 valence electrons. The number of hydrogen-bond acceptors (Lipinski definition) is 5. The smallest absolute Gasteiger partial charge is 0.387 e. The minimum absolute atomic E-state index is 0.0870. The molecule has 1 heterocycles. The molecule has 2 aromatic rings. The molecule has 3 amide bonds. The lowest BCUT2D eigenvalue weighted by Gasteiger charge is -2.35. The van der Waals surface area contributed by atoms with Crippen LogP contribution in [0.1, 0.15) is 28.0 Å². The van der Waals surface area contributed by atoms with Crippen LogP contribution in [0.4, 0.5) is 32.4 Å². The number of nitrogens with zero attached hydrogens (tertiary/aromatic N) is 1. The molecule has 0 aliphatic heterocycles. The average Bonchev–Trinajstić information content (AvgIpc) is 3.43. The van der Waals surface area contributed by atoms with Crippen molar-refractivity contribution < 1.29 is 36.3 Å². The number of primary amides is 1. The molecule has 33 heavy (non-hydrogen) atoms.